The van der Waals surface area contributed by atoms with Gasteiger partial charge in [-0.2, -0.15) is 0 Å². The number of aliphatic carboxylic acids is 1. The van der Waals surface area contributed by atoms with Crippen LogP contribution in [0.25, 0.3) is 0 Å². The standard InChI is InChI=1S/C31H55N3O6/c1-6-7-8-9-10-12-16-30(17-15-18-30)34(27(32)38)31(19-13-11-14-20-31)23(26(36)37)21-33-25(35)24-28(2,3)22-39-29(4,5)40-24/h23-24H,6-22H2,1-5H3,(H2,32,38)(H,33,35)(H,36,37)/p-1. The van der Waals surface area contributed by atoms with Gasteiger partial charge in [-0.3, -0.25) is 4.79 Å². The molecule has 0 spiro atoms. The van der Waals surface area contributed by atoms with Crippen LogP contribution in [-0.2, 0) is 19.1 Å². The Bertz CT molecular complexity index is 878. The molecule has 0 radical (unpaired) electrons. The van der Waals surface area contributed by atoms with E-state index in [0.29, 0.717) is 19.4 Å². The SMILES string of the molecule is CCCCCCCCC1(N(C(N)=O)C2(C(CNC(=O)C3OC(C)(C)OCC3(C)C)C(=O)[O-])CCCCC2)CCC1. The maximum absolute atomic E-state index is 13.4. The number of hydrogen-bond donors (Lipinski definition) is 2. The summed E-state index contributed by atoms with van der Waals surface area (Å²) in [5.41, 5.74) is 4.13. The first-order valence-electron chi connectivity index (χ1n) is 15.7. The molecule has 9 heteroatoms. The van der Waals surface area contributed by atoms with Gasteiger partial charge < -0.3 is 35.3 Å². The van der Waals surface area contributed by atoms with Crippen molar-refractivity contribution in [1.29, 1.82) is 0 Å². The lowest BCUT2D eigenvalue weighted by molar-refractivity contribution is -0.316. The monoisotopic (exact) mass is 564 g/mol. The number of carboxylic acid groups (broad SMARTS) is 1. The third-order valence-electron chi connectivity index (χ3n) is 9.69. The number of primary amides is 1. The van der Waals surface area contributed by atoms with Gasteiger partial charge in [-0.15, -0.1) is 0 Å². The van der Waals surface area contributed by atoms with Crippen LogP contribution < -0.4 is 16.2 Å². The first-order valence-corrected chi connectivity index (χ1v) is 15.7. The molecule has 3 fully saturated rings. The zero-order chi connectivity index (χ0) is 29.6. The molecule has 0 aromatic rings. The molecule has 2 saturated carbocycles. The number of hydrogen-bond acceptors (Lipinski definition) is 6. The molecule has 3 N–H and O–H groups in total. The minimum absolute atomic E-state index is 0.144. The average Bonchev–Trinajstić information content (AvgIpc) is 2.86. The first-order chi connectivity index (χ1) is 18.8. The summed E-state index contributed by atoms with van der Waals surface area (Å²) < 4.78 is 11.7. The van der Waals surface area contributed by atoms with Gasteiger partial charge in [0.15, 0.2) is 5.79 Å². The third-order valence-corrected chi connectivity index (χ3v) is 9.69. The number of amides is 3. The number of urea groups is 1. The number of nitrogens with zero attached hydrogens (tertiary/aromatic N) is 1. The second-order valence-corrected chi connectivity index (χ2v) is 13.7. The van der Waals surface area contributed by atoms with Gasteiger partial charge in [0.05, 0.1) is 12.1 Å². The number of carbonyl (C=O) groups is 3. The summed E-state index contributed by atoms with van der Waals surface area (Å²) in [5.74, 6) is -3.64. The van der Waals surface area contributed by atoms with Crippen LogP contribution in [0, 0.1) is 11.3 Å². The fourth-order valence-electron chi connectivity index (χ4n) is 7.33. The Morgan fingerprint density at radius 2 is 1.57 bits per heavy atom. The van der Waals surface area contributed by atoms with Crippen molar-refractivity contribution >= 4 is 17.9 Å². The van der Waals surface area contributed by atoms with Crippen molar-refractivity contribution in [3.63, 3.8) is 0 Å². The van der Waals surface area contributed by atoms with Gasteiger partial charge in [-0.25, -0.2) is 4.79 Å². The lowest BCUT2D eigenvalue weighted by Gasteiger charge is -2.61. The summed E-state index contributed by atoms with van der Waals surface area (Å²) in [5, 5.41) is 15.7. The molecule has 2 atom stereocenters. The molecule has 230 valence electrons. The van der Waals surface area contributed by atoms with Crippen LogP contribution >= 0.6 is 0 Å². The molecule has 2 unspecified atom stereocenters. The van der Waals surface area contributed by atoms with Gasteiger partial charge >= 0.3 is 6.03 Å². The van der Waals surface area contributed by atoms with Crippen LogP contribution in [0.15, 0.2) is 0 Å². The Morgan fingerprint density at radius 3 is 2.12 bits per heavy atom. The Hall–Kier alpha value is -1.87. The lowest BCUT2D eigenvalue weighted by Crippen LogP contribution is -2.72. The minimum Gasteiger partial charge on any atom is -0.550 e. The number of unbranched alkanes of at least 4 members (excludes halogenated alkanes) is 5. The van der Waals surface area contributed by atoms with E-state index in [1.54, 1.807) is 18.7 Å². The van der Waals surface area contributed by atoms with E-state index >= 15 is 0 Å². The molecular weight excluding hydrogens is 510 g/mol. The zero-order valence-electron chi connectivity index (χ0n) is 25.6. The van der Waals surface area contributed by atoms with E-state index in [1.807, 2.05) is 13.8 Å². The highest BCUT2D eigenvalue weighted by atomic mass is 16.7. The predicted octanol–water partition coefficient (Wildman–Crippen LogP) is 4.40. The summed E-state index contributed by atoms with van der Waals surface area (Å²) in [7, 11) is 0. The molecule has 0 aromatic carbocycles. The summed E-state index contributed by atoms with van der Waals surface area (Å²) in [4.78, 5) is 41.4. The maximum atomic E-state index is 13.4. The van der Waals surface area contributed by atoms with Gasteiger partial charge in [0.1, 0.15) is 6.10 Å². The number of carbonyl (C=O) groups excluding carboxylic acids is 3. The summed E-state index contributed by atoms with van der Waals surface area (Å²) in [6.07, 6.45) is 13.2. The molecule has 3 rings (SSSR count). The molecular formula is C31H54N3O6-. The maximum Gasteiger partial charge on any atom is 0.315 e. The lowest BCUT2D eigenvalue weighted by atomic mass is 9.64. The molecule has 1 heterocycles. The van der Waals surface area contributed by atoms with Crippen LogP contribution in [0.3, 0.4) is 0 Å². The van der Waals surface area contributed by atoms with Gasteiger partial charge in [-0.1, -0.05) is 78.6 Å². The van der Waals surface area contributed by atoms with Crippen molar-refractivity contribution in [2.24, 2.45) is 17.1 Å². The quantitative estimate of drug-likeness (QED) is 0.300. The molecule has 1 aliphatic heterocycles. The van der Waals surface area contributed by atoms with E-state index in [-0.39, 0.29) is 12.5 Å². The van der Waals surface area contributed by atoms with Crippen LogP contribution in [0.5, 0.6) is 0 Å². The van der Waals surface area contributed by atoms with Gasteiger partial charge in [-0.05, 0) is 52.4 Å². The van der Waals surface area contributed by atoms with E-state index in [4.69, 9.17) is 15.2 Å². The van der Waals surface area contributed by atoms with E-state index in [9.17, 15) is 19.5 Å². The van der Waals surface area contributed by atoms with Crippen molar-refractivity contribution in [3.8, 4) is 0 Å². The van der Waals surface area contributed by atoms with Crippen molar-refractivity contribution in [2.75, 3.05) is 13.2 Å². The second kappa shape index (κ2) is 13.4. The molecule has 3 aliphatic rings. The largest absolute Gasteiger partial charge is 0.550 e. The molecule has 3 amide bonds. The number of nitrogens with two attached hydrogens (primary N) is 1. The highest BCUT2D eigenvalue weighted by Crippen LogP contribution is 2.51. The van der Waals surface area contributed by atoms with Crippen molar-refractivity contribution in [3.05, 3.63) is 0 Å². The number of carboxylic acids is 1. The molecule has 1 saturated heterocycles. The highest BCUT2D eigenvalue weighted by molar-refractivity contribution is 5.83. The molecule has 0 aromatic heterocycles. The topological polar surface area (TPSA) is 134 Å². The zero-order valence-corrected chi connectivity index (χ0v) is 25.6. The van der Waals surface area contributed by atoms with E-state index in [1.165, 1.54) is 25.7 Å². The third kappa shape index (κ3) is 7.30. The van der Waals surface area contributed by atoms with Crippen molar-refractivity contribution in [1.82, 2.24) is 10.2 Å². The summed E-state index contributed by atoms with van der Waals surface area (Å²) in [6.45, 7) is 9.70. The average molecular weight is 565 g/mol. The van der Waals surface area contributed by atoms with Gasteiger partial charge in [0, 0.05) is 29.4 Å². The Kier molecular flexibility index (Phi) is 10.9. The number of ether oxygens (including phenoxy) is 2. The van der Waals surface area contributed by atoms with Crippen LogP contribution in [-0.4, -0.2) is 58.9 Å². The Labute approximate surface area is 241 Å². The second-order valence-electron chi connectivity index (χ2n) is 13.7. The normalized spacial score (nSPS) is 25.3. The fraction of sp³-hybridized carbons (Fsp3) is 0.903. The van der Waals surface area contributed by atoms with Crippen LogP contribution in [0.2, 0.25) is 0 Å². The molecule has 0 bridgehead atoms. The number of rotatable bonds is 14. The fourth-order valence-corrected chi connectivity index (χ4v) is 7.33. The van der Waals surface area contributed by atoms with Crippen molar-refractivity contribution < 1.29 is 29.0 Å². The highest BCUT2D eigenvalue weighted by Gasteiger charge is 2.56. The number of nitrogens with one attached hydrogen (secondary N) is 1. The van der Waals surface area contributed by atoms with Crippen molar-refractivity contribution in [2.45, 2.75) is 154 Å². The predicted molar refractivity (Wildman–Crippen MR) is 152 cm³/mol. The Morgan fingerprint density at radius 1 is 0.950 bits per heavy atom. The summed E-state index contributed by atoms with van der Waals surface area (Å²) in [6, 6.07) is -0.555. The van der Waals surface area contributed by atoms with Gasteiger partial charge in [0.25, 0.3) is 0 Å². The van der Waals surface area contributed by atoms with Gasteiger partial charge in [0.2, 0.25) is 5.91 Å². The minimum atomic E-state index is -1.25. The van der Waals surface area contributed by atoms with E-state index in [0.717, 1.165) is 57.8 Å². The molecule has 2 aliphatic carbocycles. The summed E-state index contributed by atoms with van der Waals surface area (Å²) >= 11 is 0. The smallest absolute Gasteiger partial charge is 0.315 e. The van der Waals surface area contributed by atoms with E-state index in [2.05, 4.69) is 12.2 Å². The molecule has 9 nitrogen and oxygen atoms in total. The van der Waals surface area contributed by atoms with E-state index < -0.39 is 46.3 Å². The van der Waals surface area contributed by atoms with Crippen LogP contribution in [0.1, 0.15) is 131 Å². The van der Waals surface area contributed by atoms with Crippen LogP contribution in [0.4, 0.5) is 4.79 Å². The first kappa shape index (κ1) is 32.6. The Balaban J connectivity index is 1.84. The molecule has 40 heavy (non-hydrogen) atoms.